The fraction of sp³-hybridized carbons (Fsp3) is 0.417. The highest BCUT2D eigenvalue weighted by Gasteiger charge is 2.23. The number of aliphatic hydroxyl groups excluding tert-OH is 2. The average Bonchev–Trinajstić information content (AvgIpc) is 2.25. The van der Waals surface area contributed by atoms with E-state index in [1.807, 2.05) is 0 Å². The summed E-state index contributed by atoms with van der Waals surface area (Å²) in [4.78, 5) is 10.8. The molecule has 3 N–H and O–H groups in total. The second-order valence-electron chi connectivity index (χ2n) is 3.82. The van der Waals surface area contributed by atoms with Crippen molar-refractivity contribution in [1.29, 1.82) is 0 Å². The molecule has 94 valence electrons. The van der Waals surface area contributed by atoms with Gasteiger partial charge in [0.25, 0.3) is 0 Å². The van der Waals surface area contributed by atoms with Gasteiger partial charge in [-0.2, -0.15) is 0 Å². The maximum atomic E-state index is 10.8. The third-order valence-corrected chi connectivity index (χ3v) is 3.33. The van der Waals surface area contributed by atoms with Crippen LogP contribution < -0.4 is 0 Å². The summed E-state index contributed by atoms with van der Waals surface area (Å²) in [6.45, 7) is 3.14. The van der Waals surface area contributed by atoms with Crippen molar-refractivity contribution in [3.05, 3.63) is 29.3 Å². The molecular weight excluding hydrogens is 240 g/mol. The minimum atomic E-state index is -1.19. The van der Waals surface area contributed by atoms with Gasteiger partial charge in [0.1, 0.15) is 11.9 Å². The van der Waals surface area contributed by atoms with Crippen LogP contribution in [-0.2, 0) is 4.79 Å². The zero-order valence-corrected chi connectivity index (χ0v) is 10.6. The SMILES string of the molecule is CC(=O)SCC(O)C(O)c1c(C)cccc1O. The van der Waals surface area contributed by atoms with Gasteiger partial charge in [-0.3, -0.25) is 4.79 Å². The van der Waals surface area contributed by atoms with E-state index in [1.54, 1.807) is 19.1 Å². The highest BCUT2D eigenvalue weighted by Crippen LogP contribution is 2.30. The van der Waals surface area contributed by atoms with Crippen molar-refractivity contribution < 1.29 is 20.1 Å². The Balaban J connectivity index is 2.81. The number of carbonyl (C=O) groups excluding carboxylic acids is 1. The Morgan fingerprint density at radius 2 is 2.06 bits per heavy atom. The first kappa shape index (κ1) is 14.0. The molecule has 1 aromatic carbocycles. The lowest BCUT2D eigenvalue weighted by Crippen LogP contribution is -2.22. The van der Waals surface area contributed by atoms with Crippen molar-refractivity contribution in [2.24, 2.45) is 0 Å². The summed E-state index contributed by atoms with van der Waals surface area (Å²) in [5.74, 6) is 0.0500. The molecule has 0 heterocycles. The molecule has 17 heavy (non-hydrogen) atoms. The molecule has 1 aromatic rings. The first-order valence-corrected chi connectivity index (χ1v) is 6.20. The molecular formula is C12H16O4S. The largest absolute Gasteiger partial charge is 0.508 e. The van der Waals surface area contributed by atoms with Crippen molar-refractivity contribution in [2.75, 3.05) is 5.75 Å². The molecule has 0 aromatic heterocycles. The minimum Gasteiger partial charge on any atom is -0.508 e. The van der Waals surface area contributed by atoms with E-state index in [1.165, 1.54) is 13.0 Å². The third kappa shape index (κ3) is 3.73. The maximum Gasteiger partial charge on any atom is 0.185 e. The van der Waals surface area contributed by atoms with E-state index in [2.05, 4.69) is 0 Å². The van der Waals surface area contributed by atoms with E-state index in [4.69, 9.17) is 0 Å². The van der Waals surface area contributed by atoms with Gasteiger partial charge < -0.3 is 15.3 Å². The Labute approximate surface area is 104 Å². The van der Waals surface area contributed by atoms with Crippen LogP contribution in [0.2, 0.25) is 0 Å². The Kier molecular flexibility index (Phi) is 4.99. The Hall–Kier alpha value is -1.04. The first-order chi connectivity index (χ1) is 7.93. The first-order valence-electron chi connectivity index (χ1n) is 5.21. The highest BCUT2D eigenvalue weighted by atomic mass is 32.2. The van der Waals surface area contributed by atoms with Crippen LogP contribution in [0.25, 0.3) is 0 Å². The molecule has 2 unspecified atom stereocenters. The van der Waals surface area contributed by atoms with Crippen LogP contribution in [-0.4, -0.2) is 32.3 Å². The predicted octanol–water partition coefficient (Wildman–Crippen LogP) is 1.37. The van der Waals surface area contributed by atoms with Crippen molar-refractivity contribution in [3.8, 4) is 5.75 Å². The molecule has 0 saturated heterocycles. The van der Waals surface area contributed by atoms with Gasteiger partial charge in [0.05, 0.1) is 6.10 Å². The van der Waals surface area contributed by atoms with Crippen LogP contribution in [0.5, 0.6) is 5.75 Å². The number of rotatable bonds is 4. The number of benzene rings is 1. The molecule has 0 amide bonds. The molecule has 1 rings (SSSR count). The van der Waals surface area contributed by atoms with Crippen molar-refractivity contribution in [2.45, 2.75) is 26.1 Å². The summed E-state index contributed by atoms with van der Waals surface area (Å²) in [6.07, 6.45) is -2.28. The van der Waals surface area contributed by atoms with Gasteiger partial charge in [-0.05, 0) is 18.6 Å². The maximum absolute atomic E-state index is 10.8. The van der Waals surface area contributed by atoms with E-state index in [0.29, 0.717) is 11.1 Å². The van der Waals surface area contributed by atoms with Crippen molar-refractivity contribution >= 4 is 16.9 Å². The quantitative estimate of drug-likeness (QED) is 0.758. The molecule has 5 heteroatoms. The van der Waals surface area contributed by atoms with Crippen LogP contribution in [0.1, 0.15) is 24.2 Å². The summed E-state index contributed by atoms with van der Waals surface area (Å²) in [6, 6.07) is 4.86. The van der Waals surface area contributed by atoms with Gasteiger partial charge in [0, 0.05) is 18.2 Å². The third-order valence-electron chi connectivity index (χ3n) is 2.42. The monoisotopic (exact) mass is 256 g/mol. The molecule has 0 radical (unpaired) electrons. The lowest BCUT2D eigenvalue weighted by molar-refractivity contribution is -0.109. The Morgan fingerprint density at radius 1 is 1.41 bits per heavy atom. The van der Waals surface area contributed by atoms with Gasteiger partial charge in [-0.15, -0.1) is 0 Å². The van der Waals surface area contributed by atoms with Crippen molar-refractivity contribution in [3.63, 3.8) is 0 Å². The molecule has 0 bridgehead atoms. The standard InChI is InChI=1S/C12H16O4S/c1-7-4-3-5-9(14)11(7)12(16)10(15)6-17-8(2)13/h3-5,10,12,14-16H,6H2,1-2H3. The molecule has 0 aliphatic rings. The van der Waals surface area contributed by atoms with E-state index < -0.39 is 12.2 Å². The number of aliphatic hydroxyl groups is 2. The molecule has 4 nitrogen and oxygen atoms in total. The van der Waals surface area contributed by atoms with Gasteiger partial charge in [0.2, 0.25) is 0 Å². The highest BCUT2D eigenvalue weighted by molar-refractivity contribution is 8.13. The van der Waals surface area contributed by atoms with E-state index in [0.717, 1.165) is 11.8 Å². The van der Waals surface area contributed by atoms with E-state index in [-0.39, 0.29) is 16.6 Å². The molecule has 0 aliphatic carbocycles. The number of thioether (sulfide) groups is 1. The van der Waals surface area contributed by atoms with Crippen LogP contribution in [0.3, 0.4) is 0 Å². The Bertz CT molecular complexity index is 385. The van der Waals surface area contributed by atoms with Crippen LogP contribution in [0.15, 0.2) is 18.2 Å². The van der Waals surface area contributed by atoms with Gasteiger partial charge >= 0.3 is 0 Å². The molecule has 0 spiro atoms. The molecule has 0 aliphatic heterocycles. The lowest BCUT2D eigenvalue weighted by Gasteiger charge is -2.20. The molecule has 0 fully saturated rings. The smallest absolute Gasteiger partial charge is 0.185 e. The van der Waals surface area contributed by atoms with Crippen LogP contribution >= 0.6 is 11.8 Å². The zero-order valence-electron chi connectivity index (χ0n) is 9.75. The summed E-state index contributed by atoms with van der Waals surface area (Å²) in [5, 5.41) is 29.2. The van der Waals surface area contributed by atoms with Crippen LogP contribution in [0.4, 0.5) is 0 Å². The number of aromatic hydroxyl groups is 1. The van der Waals surface area contributed by atoms with Crippen LogP contribution in [0, 0.1) is 6.92 Å². The number of aryl methyl sites for hydroxylation is 1. The van der Waals surface area contributed by atoms with Crippen molar-refractivity contribution in [1.82, 2.24) is 0 Å². The summed E-state index contributed by atoms with van der Waals surface area (Å²) >= 11 is 0.944. The second kappa shape index (κ2) is 6.05. The molecule has 0 saturated carbocycles. The van der Waals surface area contributed by atoms with Gasteiger partial charge in [-0.25, -0.2) is 0 Å². The van der Waals surface area contributed by atoms with E-state index in [9.17, 15) is 20.1 Å². The predicted molar refractivity (Wildman–Crippen MR) is 66.9 cm³/mol. The van der Waals surface area contributed by atoms with Gasteiger partial charge in [0.15, 0.2) is 5.12 Å². The number of phenolic OH excluding ortho intramolecular Hbond substituents is 1. The number of hydrogen-bond donors (Lipinski definition) is 3. The fourth-order valence-corrected chi connectivity index (χ4v) is 2.12. The summed E-state index contributed by atoms with van der Waals surface area (Å²) in [7, 11) is 0. The topological polar surface area (TPSA) is 77.8 Å². The number of carbonyl (C=O) groups is 1. The molecule has 2 atom stereocenters. The minimum absolute atomic E-state index is 0.0515. The van der Waals surface area contributed by atoms with E-state index >= 15 is 0 Å². The summed E-state index contributed by atoms with van der Waals surface area (Å²) in [5.41, 5.74) is 1.01. The van der Waals surface area contributed by atoms with Gasteiger partial charge in [-0.1, -0.05) is 23.9 Å². The summed E-state index contributed by atoms with van der Waals surface area (Å²) < 4.78 is 0. The average molecular weight is 256 g/mol. The fourth-order valence-electron chi connectivity index (χ4n) is 1.54. The second-order valence-corrected chi connectivity index (χ2v) is 5.02. The lowest BCUT2D eigenvalue weighted by atomic mass is 9.99. The number of hydrogen-bond acceptors (Lipinski definition) is 5. The Morgan fingerprint density at radius 3 is 2.59 bits per heavy atom. The number of phenols is 1. The zero-order chi connectivity index (χ0) is 13.0. The normalized spacial score (nSPS) is 14.4.